The van der Waals surface area contributed by atoms with Crippen molar-refractivity contribution in [2.75, 3.05) is 0 Å². The highest BCUT2D eigenvalue weighted by Crippen LogP contribution is 2.35. The third-order valence-electron chi connectivity index (χ3n) is 3.88. The molecule has 21 heavy (non-hydrogen) atoms. The Labute approximate surface area is 128 Å². The number of carbonyl (C=O) groups excluding carboxylic acids is 1. The number of nitrogens with one attached hydrogen (secondary N) is 2. The summed E-state index contributed by atoms with van der Waals surface area (Å²) in [4.78, 5) is 22.6. The summed E-state index contributed by atoms with van der Waals surface area (Å²) in [6.45, 7) is 1.54. The first-order valence-electron chi connectivity index (χ1n) is 7.02. The molecule has 6 heteroatoms. The van der Waals surface area contributed by atoms with Crippen molar-refractivity contribution in [2.24, 2.45) is 0 Å². The van der Waals surface area contributed by atoms with Crippen LogP contribution in [0.1, 0.15) is 37.7 Å². The van der Waals surface area contributed by atoms with Gasteiger partial charge in [0.15, 0.2) is 0 Å². The Morgan fingerprint density at radius 1 is 1.29 bits per heavy atom. The van der Waals surface area contributed by atoms with Gasteiger partial charge in [0.25, 0.3) is 0 Å². The minimum absolute atomic E-state index is 0.0386. The summed E-state index contributed by atoms with van der Waals surface area (Å²) < 4.78 is 0. The fourth-order valence-electron chi connectivity index (χ4n) is 2.80. The second-order valence-electron chi connectivity index (χ2n) is 5.38. The summed E-state index contributed by atoms with van der Waals surface area (Å²) in [5, 5.41) is 14.5. The zero-order valence-corrected chi connectivity index (χ0v) is 12.6. The van der Waals surface area contributed by atoms with E-state index in [-0.39, 0.29) is 17.9 Å². The molecule has 3 atom stereocenters. The van der Waals surface area contributed by atoms with Gasteiger partial charge in [0.1, 0.15) is 6.04 Å². The van der Waals surface area contributed by atoms with Gasteiger partial charge < -0.3 is 15.7 Å². The second-order valence-corrected chi connectivity index (χ2v) is 5.81. The Morgan fingerprint density at radius 3 is 2.57 bits per heavy atom. The van der Waals surface area contributed by atoms with E-state index in [1.54, 1.807) is 0 Å². The van der Waals surface area contributed by atoms with E-state index >= 15 is 0 Å². The molecule has 2 amide bonds. The lowest BCUT2D eigenvalue weighted by atomic mass is 9.94. The quantitative estimate of drug-likeness (QED) is 0.800. The molecule has 0 heterocycles. The van der Waals surface area contributed by atoms with Crippen molar-refractivity contribution in [3.8, 4) is 0 Å². The van der Waals surface area contributed by atoms with Crippen LogP contribution in [0.25, 0.3) is 0 Å². The largest absolute Gasteiger partial charge is 0.465 e. The third kappa shape index (κ3) is 4.11. The smallest absolute Gasteiger partial charge is 0.405 e. The third-order valence-corrected chi connectivity index (χ3v) is 4.13. The number of carbonyl (C=O) groups is 2. The van der Waals surface area contributed by atoms with Crippen LogP contribution >= 0.6 is 11.6 Å². The predicted molar refractivity (Wildman–Crippen MR) is 80.6 cm³/mol. The maximum atomic E-state index is 12.0. The minimum Gasteiger partial charge on any atom is -0.465 e. The molecule has 0 aromatic heterocycles. The van der Waals surface area contributed by atoms with Crippen molar-refractivity contribution in [2.45, 2.75) is 44.2 Å². The van der Waals surface area contributed by atoms with E-state index in [0.29, 0.717) is 5.02 Å². The first-order chi connectivity index (χ1) is 9.97. The summed E-state index contributed by atoms with van der Waals surface area (Å²) in [5.74, 6) is -0.0356. The van der Waals surface area contributed by atoms with E-state index in [2.05, 4.69) is 10.6 Å². The molecule has 114 valence electrons. The van der Waals surface area contributed by atoms with Crippen LogP contribution in [0.3, 0.4) is 0 Å². The van der Waals surface area contributed by atoms with E-state index in [1.165, 1.54) is 6.92 Å². The SMILES string of the molecule is C[C@H](NC(=O)O)C(=O)N[C@H]1CCC[C@@H]1c1ccc(Cl)cc1. The van der Waals surface area contributed by atoms with Crippen molar-refractivity contribution in [3.05, 3.63) is 34.9 Å². The molecule has 3 N–H and O–H groups in total. The molecule has 1 aliphatic carbocycles. The van der Waals surface area contributed by atoms with Crippen molar-refractivity contribution in [1.29, 1.82) is 0 Å². The Balaban J connectivity index is 2.00. The average molecular weight is 311 g/mol. The number of rotatable bonds is 4. The molecule has 0 aliphatic heterocycles. The Bertz CT molecular complexity index is 518. The summed E-state index contributed by atoms with van der Waals surface area (Å²) >= 11 is 5.90. The molecule has 0 unspecified atom stereocenters. The zero-order chi connectivity index (χ0) is 15.4. The number of amides is 2. The topological polar surface area (TPSA) is 78.4 Å². The summed E-state index contributed by atoms with van der Waals surface area (Å²) in [6.07, 6.45) is 1.75. The molecule has 1 saturated carbocycles. The van der Waals surface area contributed by atoms with E-state index in [1.807, 2.05) is 24.3 Å². The van der Waals surface area contributed by atoms with Gasteiger partial charge in [0.05, 0.1) is 0 Å². The standard InChI is InChI=1S/C15H19ClN2O3/c1-9(17-15(20)21)14(19)18-13-4-2-3-12(13)10-5-7-11(16)8-6-10/h5-9,12-13,17H,2-4H2,1H3,(H,18,19)(H,20,21)/t9-,12+,13-/m0/s1. The predicted octanol–water partition coefficient (Wildman–Crippen LogP) is 2.75. The molecular weight excluding hydrogens is 292 g/mol. The summed E-state index contributed by atoms with van der Waals surface area (Å²) in [7, 11) is 0. The van der Waals surface area contributed by atoms with Gasteiger partial charge in [-0.05, 0) is 37.5 Å². The van der Waals surface area contributed by atoms with Crippen LogP contribution in [0.4, 0.5) is 4.79 Å². The van der Waals surface area contributed by atoms with Crippen LogP contribution in [0.2, 0.25) is 5.02 Å². The lowest BCUT2D eigenvalue weighted by Crippen LogP contribution is -2.48. The molecule has 0 saturated heterocycles. The zero-order valence-electron chi connectivity index (χ0n) is 11.8. The highest BCUT2D eigenvalue weighted by molar-refractivity contribution is 6.30. The fourth-order valence-corrected chi connectivity index (χ4v) is 2.93. The van der Waals surface area contributed by atoms with Gasteiger partial charge in [0.2, 0.25) is 5.91 Å². The number of carboxylic acid groups (broad SMARTS) is 1. The van der Waals surface area contributed by atoms with E-state index in [9.17, 15) is 9.59 Å². The molecule has 1 aromatic carbocycles. The van der Waals surface area contributed by atoms with E-state index in [4.69, 9.17) is 16.7 Å². The highest BCUT2D eigenvalue weighted by Gasteiger charge is 2.31. The van der Waals surface area contributed by atoms with Gasteiger partial charge in [-0.3, -0.25) is 4.79 Å². The number of benzene rings is 1. The minimum atomic E-state index is -1.20. The monoisotopic (exact) mass is 310 g/mol. The Morgan fingerprint density at radius 2 is 1.95 bits per heavy atom. The van der Waals surface area contributed by atoms with Crippen LogP contribution < -0.4 is 10.6 Å². The van der Waals surface area contributed by atoms with E-state index in [0.717, 1.165) is 24.8 Å². The molecule has 1 aliphatic rings. The highest BCUT2D eigenvalue weighted by atomic mass is 35.5. The molecule has 0 bridgehead atoms. The Kier molecular flexibility index (Phi) is 5.07. The maximum absolute atomic E-state index is 12.0. The normalized spacial score (nSPS) is 22.6. The van der Waals surface area contributed by atoms with Gasteiger partial charge in [-0.25, -0.2) is 4.79 Å². The molecule has 1 aromatic rings. The van der Waals surface area contributed by atoms with Crippen LogP contribution in [-0.4, -0.2) is 29.2 Å². The van der Waals surface area contributed by atoms with Crippen molar-refractivity contribution in [3.63, 3.8) is 0 Å². The summed E-state index contributed by atoms with van der Waals surface area (Å²) in [6, 6.07) is 6.95. The molecule has 5 nitrogen and oxygen atoms in total. The summed E-state index contributed by atoms with van der Waals surface area (Å²) in [5.41, 5.74) is 1.15. The van der Waals surface area contributed by atoms with Crippen LogP contribution in [-0.2, 0) is 4.79 Å². The first kappa shape index (κ1) is 15.6. The lowest BCUT2D eigenvalue weighted by Gasteiger charge is -2.23. The number of halogens is 1. The van der Waals surface area contributed by atoms with Crippen LogP contribution in [0.5, 0.6) is 0 Å². The van der Waals surface area contributed by atoms with Gasteiger partial charge in [-0.15, -0.1) is 0 Å². The molecular formula is C15H19ClN2O3. The van der Waals surface area contributed by atoms with Crippen molar-refractivity contribution >= 4 is 23.6 Å². The molecule has 2 rings (SSSR count). The average Bonchev–Trinajstić information content (AvgIpc) is 2.87. The van der Waals surface area contributed by atoms with Gasteiger partial charge >= 0.3 is 6.09 Å². The van der Waals surface area contributed by atoms with Crippen LogP contribution in [0, 0.1) is 0 Å². The Hall–Kier alpha value is -1.75. The second kappa shape index (κ2) is 6.80. The first-order valence-corrected chi connectivity index (χ1v) is 7.40. The maximum Gasteiger partial charge on any atom is 0.405 e. The van der Waals surface area contributed by atoms with Crippen molar-refractivity contribution in [1.82, 2.24) is 10.6 Å². The molecule has 1 fully saturated rings. The molecule has 0 radical (unpaired) electrons. The van der Waals surface area contributed by atoms with E-state index < -0.39 is 12.1 Å². The van der Waals surface area contributed by atoms with Crippen molar-refractivity contribution < 1.29 is 14.7 Å². The van der Waals surface area contributed by atoms with Crippen LogP contribution in [0.15, 0.2) is 24.3 Å². The van der Waals surface area contributed by atoms with Gasteiger partial charge in [-0.2, -0.15) is 0 Å². The van der Waals surface area contributed by atoms with Gasteiger partial charge in [-0.1, -0.05) is 30.2 Å². The van der Waals surface area contributed by atoms with Gasteiger partial charge in [0, 0.05) is 17.0 Å². The number of hydrogen-bond donors (Lipinski definition) is 3. The number of hydrogen-bond acceptors (Lipinski definition) is 2. The molecule has 0 spiro atoms. The fraction of sp³-hybridized carbons (Fsp3) is 0.467. The lowest BCUT2D eigenvalue weighted by molar-refractivity contribution is -0.123.